The second-order valence-electron chi connectivity index (χ2n) is 6.08. The highest BCUT2D eigenvalue weighted by Crippen LogP contribution is 2.29. The molecule has 4 aromatic rings. The van der Waals surface area contributed by atoms with E-state index in [0.29, 0.717) is 31.8 Å². The quantitative estimate of drug-likeness (QED) is 0.329. The van der Waals surface area contributed by atoms with Gasteiger partial charge in [0, 0.05) is 11.3 Å². The number of fused-ring (bicyclic) bond motifs is 1. The smallest absolute Gasteiger partial charge is 0.295 e. The van der Waals surface area contributed by atoms with E-state index in [1.54, 1.807) is 12.1 Å². The fourth-order valence-corrected chi connectivity index (χ4v) is 4.29. The molecule has 7 nitrogen and oxygen atoms in total. The Morgan fingerprint density at radius 2 is 2.03 bits per heavy atom. The average Bonchev–Trinajstić information content (AvgIpc) is 3.38. The molecule has 0 atom stereocenters. The van der Waals surface area contributed by atoms with Crippen molar-refractivity contribution in [3.63, 3.8) is 0 Å². The molecule has 0 aliphatic heterocycles. The van der Waals surface area contributed by atoms with E-state index in [4.69, 9.17) is 5.26 Å². The van der Waals surface area contributed by atoms with Crippen LogP contribution in [-0.4, -0.2) is 26.1 Å². The third kappa shape index (κ3) is 4.45. The second-order valence-corrected chi connectivity index (χ2v) is 8.28. The molecule has 0 aliphatic rings. The fraction of sp³-hybridized carbons (Fsp3) is 0.105. The number of amides is 1. The van der Waals surface area contributed by atoms with E-state index in [0.717, 1.165) is 5.56 Å². The molecule has 0 saturated carbocycles. The van der Waals surface area contributed by atoms with Crippen molar-refractivity contribution >= 4 is 45.2 Å². The molecule has 2 heterocycles. The van der Waals surface area contributed by atoms with Gasteiger partial charge in [0.05, 0.1) is 22.7 Å². The maximum absolute atomic E-state index is 12.8. The van der Waals surface area contributed by atoms with Crippen LogP contribution in [0.4, 0.5) is 13.9 Å². The van der Waals surface area contributed by atoms with Crippen LogP contribution in [0.5, 0.6) is 0 Å². The lowest BCUT2D eigenvalue weighted by Crippen LogP contribution is -2.11. The largest absolute Gasteiger partial charge is 0.337 e. The number of anilines is 1. The predicted octanol–water partition coefficient (Wildman–Crippen LogP) is 4.77. The van der Waals surface area contributed by atoms with Gasteiger partial charge in [-0.05, 0) is 35.9 Å². The molecule has 0 spiro atoms. The summed E-state index contributed by atoms with van der Waals surface area (Å²) in [6, 6.07) is 13.8. The van der Waals surface area contributed by atoms with E-state index in [-0.39, 0.29) is 5.56 Å². The van der Waals surface area contributed by atoms with Crippen LogP contribution in [0.2, 0.25) is 0 Å². The van der Waals surface area contributed by atoms with Crippen LogP contribution >= 0.6 is 23.1 Å². The highest BCUT2D eigenvalue weighted by atomic mass is 32.2. The molecule has 1 amide bonds. The Balaban J connectivity index is 1.39. The van der Waals surface area contributed by atoms with Gasteiger partial charge in [-0.3, -0.25) is 10.1 Å². The maximum Gasteiger partial charge on any atom is 0.295 e. The first kappa shape index (κ1) is 19.9. The number of aromatic amines is 1. The molecule has 2 aromatic carbocycles. The molecule has 0 bridgehead atoms. The van der Waals surface area contributed by atoms with Gasteiger partial charge in [0.25, 0.3) is 12.3 Å². The van der Waals surface area contributed by atoms with Gasteiger partial charge in [0.1, 0.15) is 0 Å². The van der Waals surface area contributed by atoms with Gasteiger partial charge in [-0.15, -0.1) is 10.2 Å². The molecule has 0 fully saturated rings. The van der Waals surface area contributed by atoms with Crippen LogP contribution in [0.25, 0.3) is 11.0 Å². The standard InChI is InChI=1S/C19H12F2N6OS2/c20-15(21)16-23-13-6-5-12(7-14(13)24-16)17(28)25-18-26-27-19(30-18)29-9-11-3-1-10(8-22)2-4-11/h1-7,15H,9H2,(H,23,24)(H,25,26,28). The molecule has 0 unspecified atom stereocenters. The predicted molar refractivity (Wildman–Crippen MR) is 110 cm³/mol. The summed E-state index contributed by atoms with van der Waals surface area (Å²) in [6.07, 6.45) is -2.71. The lowest BCUT2D eigenvalue weighted by Gasteiger charge is -2.01. The Hall–Kier alpha value is -3.36. The molecule has 150 valence electrons. The summed E-state index contributed by atoms with van der Waals surface area (Å²) in [6.45, 7) is 0. The zero-order valence-electron chi connectivity index (χ0n) is 15.1. The molecule has 30 heavy (non-hydrogen) atoms. The van der Waals surface area contributed by atoms with Crippen molar-refractivity contribution in [1.29, 1.82) is 5.26 Å². The molecule has 0 aliphatic carbocycles. The first-order valence-electron chi connectivity index (χ1n) is 8.56. The number of thioether (sulfide) groups is 1. The lowest BCUT2D eigenvalue weighted by atomic mass is 10.2. The van der Waals surface area contributed by atoms with Crippen LogP contribution in [0.1, 0.15) is 33.7 Å². The van der Waals surface area contributed by atoms with Gasteiger partial charge in [0.15, 0.2) is 10.2 Å². The minimum absolute atomic E-state index is 0.286. The van der Waals surface area contributed by atoms with Gasteiger partial charge >= 0.3 is 0 Å². The third-order valence-electron chi connectivity index (χ3n) is 4.04. The molecule has 2 N–H and O–H groups in total. The summed E-state index contributed by atoms with van der Waals surface area (Å²) in [5.74, 6) is -0.211. The lowest BCUT2D eigenvalue weighted by molar-refractivity contribution is 0.102. The minimum atomic E-state index is -2.71. The first-order valence-corrected chi connectivity index (χ1v) is 10.4. The SMILES string of the molecule is N#Cc1ccc(CSc2nnc(NC(=O)c3ccc4nc(C(F)F)[nH]c4c3)s2)cc1. The number of carbonyl (C=O) groups excluding carboxylic acids is 1. The number of H-pyrrole nitrogens is 1. The highest BCUT2D eigenvalue weighted by molar-refractivity contribution is 8.00. The topological polar surface area (TPSA) is 107 Å². The number of benzene rings is 2. The van der Waals surface area contributed by atoms with E-state index >= 15 is 0 Å². The molecule has 0 radical (unpaired) electrons. The number of hydrogen-bond acceptors (Lipinski definition) is 7. The highest BCUT2D eigenvalue weighted by Gasteiger charge is 2.15. The van der Waals surface area contributed by atoms with Crippen molar-refractivity contribution in [2.45, 2.75) is 16.5 Å². The summed E-state index contributed by atoms with van der Waals surface area (Å²) < 4.78 is 26.2. The zero-order chi connectivity index (χ0) is 21.1. The van der Waals surface area contributed by atoms with Gasteiger partial charge in [-0.2, -0.15) is 5.26 Å². The summed E-state index contributed by atoms with van der Waals surface area (Å²) in [7, 11) is 0. The van der Waals surface area contributed by atoms with Crippen molar-refractivity contribution in [2.75, 3.05) is 5.32 Å². The van der Waals surface area contributed by atoms with E-state index in [1.807, 2.05) is 12.1 Å². The number of halogens is 2. The number of carbonyl (C=O) groups is 1. The number of nitriles is 1. The van der Waals surface area contributed by atoms with Crippen LogP contribution < -0.4 is 5.32 Å². The minimum Gasteiger partial charge on any atom is -0.337 e. The van der Waals surface area contributed by atoms with Crippen LogP contribution in [0.15, 0.2) is 46.8 Å². The number of nitrogens with zero attached hydrogens (tertiary/aromatic N) is 4. The summed E-state index contributed by atoms with van der Waals surface area (Å²) in [5, 5.41) is 19.8. The zero-order valence-corrected chi connectivity index (χ0v) is 16.7. The number of aromatic nitrogens is 4. The summed E-state index contributed by atoms with van der Waals surface area (Å²) >= 11 is 2.70. The number of nitrogens with one attached hydrogen (secondary N) is 2. The number of imidazole rings is 1. The van der Waals surface area contributed by atoms with Crippen molar-refractivity contribution < 1.29 is 13.6 Å². The van der Waals surface area contributed by atoms with Crippen molar-refractivity contribution in [3.8, 4) is 6.07 Å². The first-order chi connectivity index (χ1) is 14.5. The van der Waals surface area contributed by atoms with Gasteiger partial charge in [-0.25, -0.2) is 13.8 Å². The molecular weight excluding hydrogens is 430 g/mol. The van der Waals surface area contributed by atoms with E-state index in [9.17, 15) is 13.6 Å². The molecule has 2 aromatic heterocycles. The molecular formula is C19H12F2N6OS2. The average molecular weight is 442 g/mol. The van der Waals surface area contributed by atoms with Gasteiger partial charge < -0.3 is 4.98 Å². The number of alkyl halides is 2. The normalized spacial score (nSPS) is 11.0. The molecule has 0 saturated heterocycles. The van der Waals surface area contributed by atoms with Crippen LogP contribution in [-0.2, 0) is 5.75 Å². The Morgan fingerprint density at radius 1 is 1.23 bits per heavy atom. The van der Waals surface area contributed by atoms with Crippen LogP contribution in [0, 0.1) is 11.3 Å². The Bertz CT molecular complexity index is 1250. The number of rotatable bonds is 6. The maximum atomic E-state index is 12.8. The van der Waals surface area contributed by atoms with E-state index in [2.05, 4.69) is 31.6 Å². The summed E-state index contributed by atoms with van der Waals surface area (Å²) in [4.78, 5) is 18.7. The Morgan fingerprint density at radius 3 is 2.77 bits per heavy atom. The van der Waals surface area contributed by atoms with E-state index in [1.165, 1.54) is 41.3 Å². The van der Waals surface area contributed by atoms with Crippen molar-refractivity contribution in [3.05, 3.63) is 65.0 Å². The Kier molecular flexibility index (Phi) is 5.69. The second kappa shape index (κ2) is 8.56. The van der Waals surface area contributed by atoms with Gasteiger partial charge in [0.2, 0.25) is 5.13 Å². The van der Waals surface area contributed by atoms with E-state index < -0.39 is 18.2 Å². The summed E-state index contributed by atoms with van der Waals surface area (Å²) in [5.41, 5.74) is 2.64. The fourth-order valence-electron chi connectivity index (χ4n) is 2.58. The van der Waals surface area contributed by atoms with Gasteiger partial charge in [-0.1, -0.05) is 35.2 Å². The monoisotopic (exact) mass is 442 g/mol. The van der Waals surface area contributed by atoms with Crippen LogP contribution in [0.3, 0.4) is 0 Å². The molecule has 4 rings (SSSR count). The molecule has 11 heteroatoms. The third-order valence-corrected chi connectivity index (χ3v) is 6.08. The Labute approximate surface area is 177 Å². The van der Waals surface area contributed by atoms with Crippen molar-refractivity contribution in [2.24, 2.45) is 0 Å². The van der Waals surface area contributed by atoms with Crippen molar-refractivity contribution in [1.82, 2.24) is 20.2 Å². The number of hydrogen-bond donors (Lipinski definition) is 2.